The van der Waals surface area contributed by atoms with E-state index in [-0.39, 0.29) is 5.91 Å². The molecule has 9 nitrogen and oxygen atoms in total. The van der Waals surface area contributed by atoms with Crippen LogP contribution in [0.3, 0.4) is 0 Å². The first kappa shape index (κ1) is 24.8. The van der Waals surface area contributed by atoms with Gasteiger partial charge in [-0.25, -0.2) is 4.79 Å². The average Bonchev–Trinajstić information content (AvgIpc) is 2.83. The molecule has 0 saturated carbocycles. The second kappa shape index (κ2) is 10.9. The Balaban J connectivity index is 1.94. The molecule has 180 valence electrons. The molecule has 0 aromatic heterocycles. The molecular formula is C24H27N3O6S. The lowest BCUT2D eigenvalue weighted by Gasteiger charge is -2.31. The first-order chi connectivity index (χ1) is 16.3. The van der Waals surface area contributed by atoms with E-state index in [2.05, 4.69) is 16.0 Å². The molecule has 34 heavy (non-hydrogen) atoms. The fourth-order valence-corrected chi connectivity index (χ4v) is 3.82. The number of anilines is 1. The van der Waals surface area contributed by atoms with Crippen LogP contribution in [0.1, 0.15) is 25.5 Å². The Morgan fingerprint density at radius 3 is 2.41 bits per heavy atom. The molecule has 0 radical (unpaired) electrons. The number of para-hydroxylation sites is 2. The highest BCUT2D eigenvalue weighted by Gasteiger charge is 2.31. The normalized spacial score (nSPS) is 16.0. The monoisotopic (exact) mass is 485 g/mol. The van der Waals surface area contributed by atoms with Crippen molar-refractivity contribution < 1.29 is 28.5 Å². The Morgan fingerprint density at radius 1 is 1.03 bits per heavy atom. The quantitative estimate of drug-likeness (QED) is 0.384. The molecule has 2 unspecified atom stereocenters. The summed E-state index contributed by atoms with van der Waals surface area (Å²) < 4.78 is 21.2. The van der Waals surface area contributed by atoms with Crippen LogP contribution in [0.5, 0.6) is 17.2 Å². The standard InChI is InChI=1S/C24H27N3O6S/c1-13-20(22(28)26-16-8-6-7-9-17(16)30-3)21(27-24(34)25-13)15-10-11-18(19(12-15)31-4)33-14(2)23(29)32-5/h6-12,14,21H,1-5H3,(H,26,28)(H2,25,27,34). The number of ether oxygens (including phenoxy) is 4. The Hall–Kier alpha value is -3.79. The number of carbonyl (C=O) groups is 2. The summed E-state index contributed by atoms with van der Waals surface area (Å²) in [5.74, 6) is 0.460. The number of esters is 1. The third-order valence-corrected chi connectivity index (χ3v) is 5.45. The Labute approximate surface area is 203 Å². The van der Waals surface area contributed by atoms with Crippen LogP contribution in [0.15, 0.2) is 53.7 Å². The number of hydrogen-bond acceptors (Lipinski definition) is 7. The van der Waals surface area contributed by atoms with Crippen molar-refractivity contribution in [1.29, 1.82) is 0 Å². The molecule has 1 aliphatic rings. The van der Waals surface area contributed by atoms with Crippen molar-refractivity contribution in [3.8, 4) is 17.2 Å². The number of carbonyl (C=O) groups excluding carboxylic acids is 2. The number of amides is 1. The molecule has 3 N–H and O–H groups in total. The number of hydrogen-bond donors (Lipinski definition) is 3. The second-order valence-corrected chi connectivity index (χ2v) is 7.83. The summed E-state index contributed by atoms with van der Waals surface area (Å²) in [6.07, 6.45) is -0.821. The van der Waals surface area contributed by atoms with Gasteiger partial charge in [0.1, 0.15) is 5.75 Å². The third kappa shape index (κ3) is 5.40. The van der Waals surface area contributed by atoms with E-state index >= 15 is 0 Å². The topological polar surface area (TPSA) is 107 Å². The molecule has 0 fully saturated rings. The molecule has 1 aliphatic heterocycles. The minimum Gasteiger partial charge on any atom is -0.495 e. The van der Waals surface area contributed by atoms with Crippen LogP contribution in [-0.4, -0.2) is 44.4 Å². The van der Waals surface area contributed by atoms with Crippen molar-refractivity contribution in [2.45, 2.75) is 26.0 Å². The van der Waals surface area contributed by atoms with Gasteiger partial charge in [0, 0.05) is 5.70 Å². The van der Waals surface area contributed by atoms with E-state index < -0.39 is 18.1 Å². The van der Waals surface area contributed by atoms with Gasteiger partial charge in [0.15, 0.2) is 22.7 Å². The van der Waals surface area contributed by atoms with E-state index in [4.69, 9.17) is 31.2 Å². The molecule has 1 amide bonds. The minimum absolute atomic E-state index is 0.326. The zero-order chi connectivity index (χ0) is 24.8. The first-order valence-corrected chi connectivity index (χ1v) is 10.8. The molecule has 0 bridgehead atoms. The predicted molar refractivity (Wildman–Crippen MR) is 131 cm³/mol. The molecule has 2 aromatic carbocycles. The number of methoxy groups -OCH3 is 3. The van der Waals surface area contributed by atoms with Gasteiger partial charge in [0.2, 0.25) is 0 Å². The molecule has 0 saturated heterocycles. The number of rotatable bonds is 8. The third-order valence-electron chi connectivity index (χ3n) is 5.23. The number of allylic oxidation sites excluding steroid dienone is 1. The fourth-order valence-electron chi connectivity index (χ4n) is 3.55. The van der Waals surface area contributed by atoms with Crippen LogP contribution in [0, 0.1) is 0 Å². The fraction of sp³-hybridized carbons (Fsp3) is 0.292. The highest BCUT2D eigenvalue weighted by Crippen LogP contribution is 2.35. The van der Waals surface area contributed by atoms with Gasteiger partial charge in [0.05, 0.1) is 38.6 Å². The summed E-state index contributed by atoms with van der Waals surface area (Å²) in [4.78, 5) is 25.1. The van der Waals surface area contributed by atoms with Crippen molar-refractivity contribution in [3.05, 3.63) is 59.3 Å². The second-order valence-electron chi connectivity index (χ2n) is 7.42. The van der Waals surface area contributed by atoms with Crippen molar-refractivity contribution in [3.63, 3.8) is 0 Å². The van der Waals surface area contributed by atoms with E-state index in [1.54, 1.807) is 44.2 Å². The van der Waals surface area contributed by atoms with Gasteiger partial charge in [-0.2, -0.15) is 0 Å². The zero-order valence-electron chi connectivity index (χ0n) is 19.6. The maximum atomic E-state index is 13.4. The van der Waals surface area contributed by atoms with Gasteiger partial charge in [0.25, 0.3) is 5.91 Å². The number of benzene rings is 2. The number of nitrogens with one attached hydrogen (secondary N) is 3. The molecule has 2 aromatic rings. The van der Waals surface area contributed by atoms with E-state index in [0.717, 1.165) is 0 Å². The van der Waals surface area contributed by atoms with Crippen LogP contribution < -0.4 is 30.2 Å². The van der Waals surface area contributed by atoms with Crippen LogP contribution in [0.25, 0.3) is 0 Å². The van der Waals surface area contributed by atoms with Gasteiger partial charge in [-0.3, -0.25) is 4.79 Å². The molecule has 1 heterocycles. The molecular weight excluding hydrogens is 458 g/mol. The van der Waals surface area contributed by atoms with Crippen molar-refractivity contribution in [2.75, 3.05) is 26.6 Å². The van der Waals surface area contributed by atoms with Crippen molar-refractivity contribution in [1.82, 2.24) is 10.6 Å². The Kier molecular flexibility index (Phi) is 7.95. The highest BCUT2D eigenvalue weighted by atomic mass is 32.1. The van der Waals surface area contributed by atoms with Gasteiger partial charge in [-0.05, 0) is 55.9 Å². The maximum Gasteiger partial charge on any atom is 0.346 e. The SMILES string of the molecule is COC(=O)C(C)Oc1ccc(C2NC(=S)NC(C)=C2C(=O)Nc2ccccc2OC)cc1OC. The lowest BCUT2D eigenvalue weighted by atomic mass is 9.94. The highest BCUT2D eigenvalue weighted by molar-refractivity contribution is 7.80. The Morgan fingerprint density at radius 2 is 1.74 bits per heavy atom. The van der Waals surface area contributed by atoms with Gasteiger partial charge in [-0.15, -0.1) is 0 Å². The van der Waals surface area contributed by atoms with Gasteiger partial charge >= 0.3 is 5.97 Å². The van der Waals surface area contributed by atoms with E-state index in [1.165, 1.54) is 21.3 Å². The minimum atomic E-state index is -0.821. The van der Waals surface area contributed by atoms with Crippen molar-refractivity contribution in [2.24, 2.45) is 0 Å². The van der Waals surface area contributed by atoms with Crippen LogP contribution in [0.2, 0.25) is 0 Å². The molecule has 10 heteroatoms. The number of thiocarbonyl (C=S) groups is 1. The van der Waals surface area contributed by atoms with Gasteiger partial charge < -0.3 is 34.9 Å². The van der Waals surface area contributed by atoms with Crippen LogP contribution in [0.4, 0.5) is 5.69 Å². The predicted octanol–water partition coefficient (Wildman–Crippen LogP) is 3.08. The summed E-state index contributed by atoms with van der Waals surface area (Å²) >= 11 is 5.34. The molecule has 0 aliphatic carbocycles. The van der Waals surface area contributed by atoms with E-state index in [9.17, 15) is 9.59 Å². The molecule has 0 spiro atoms. The zero-order valence-corrected chi connectivity index (χ0v) is 20.4. The van der Waals surface area contributed by atoms with E-state index in [0.29, 0.717) is 44.9 Å². The lowest BCUT2D eigenvalue weighted by molar-refractivity contribution is -0.147. The van der Waals surface area contributed by atoms with E-state index in [1.807, 2.05) is 12.1 Å². The lowest BCUT2D eigenvalue weighted by Crippen LogP contribution is -2.45. The molecule has 3 rings (SSSR count). The van der Waals surface area contributed by atoms with Gasteiger partial charge in [-0.1, -0.05) is 18.2 Å². The molecule has 2 atom stereocenters. The first-order valence-electron chi connectivity index (χ1n) is 10.4. The summed E-state index contributed by atoms with van der Waals surface area (Å²) in [5, 5.41) is 9.45. The average molecular weight is 486 g/mol. The smallest absolute Gasteiger partial charge is 0.346 e. The Bertz CT molecular complexity index is 1130. The van der Waals surface area contributed by atoms with Crippen molar-refractivity contribution >= 4 is 34.9 Å². The largest absolute Gasteiger partial charge is 0.495 e. The van der Waals surface area contributed by atoms with Crippen LogP contribution >= 0.6 is 12.2 Å². The maximum absolute atomic E-state index is 13.4. The summed E-state index contributed by atoms with van der Waals surface area (Å²) in [6, 6.07) is 11.8. The summed E-state index contributed by atoms with van der Waals surface area (Å²) in [6.45, 7) is 3.36. The van der Waals surface area contributed by atoms with Crippen LogP contribution in [-0.2, 0) is 14.3 Å². The summed E-state index contributed by atoms with van der Waals surface area (Å²) in [5.41, 5.74) is 2.31. The summed E-state index contributed by atoms with van der Waals surface area (Å²) in [7, 11) is 4.32.